The van der Waals surface area contributed by atoms with E-state index in [0.29, 0.717) is 23.8 Å². The van der Waals surface area contributed by atoms with E-state index < -0.39 is 6.10 Å². The number of aliphatic hydroxyl groups is 1. The molecule has 6 nitrogen and oxygen atoms in total. The summed E-state index contributed by atoms with van der Waals surface area (Å²) in [5, 5.41) is 13.6. The summed E-state index contributed by atoms with van der Waals surface area (Å²) in [5.74, 6) is -0.0621. The number of carbonyl (C=O) groups excluding carboxylic acids is 1. The van der Waals surface area contributed by atoms with Crippen LogP contribution in [-0.2, 0) is 4.79 Å². The fraction of sp³-hybridized carbons (Fsp3) is 0.389. The Bertz CT molecular complexity index is 684. The van der Waals surface area contributed by atoms with Crippen molar-refractivity contribution in [3.05, 3.63) is 53.3 Å². The van der Waals surface area contributed by atoms with Gasteiger partial charge in [0.05, 0.1) is 17.3 Å². The van der Waals surface area contributed by atoms with Crippen LogP contribution < -0.4 is 5.32 Å². The number of anilines is 1. The van der Waals surface area contributed by atoms with Crippen molar-refractivity contribution in [2.45, 2.75) is 6.10 Å². The predicted octanol–water partition coefficient (Wildman–Crippen LogP) is 1.96. The molecular formula is C18H23ClN4O2. The smallest absolute Gasteiger partial charge is 0.238 e. The monoisotopic (exact) mass is 362 g/mol. The third-order valence-corrected chi connectivity index (χ3v) is 4.72. The van der Waals surface area contributed by atoms with Crippen molar-refractivity contribution in [1.82, 2.24) is 14.8 Å². The molecule has 0 aliphatic carbocycles. The summed E-state index contributed by atoms with van der Waals surface area (Å²) in [6.07, 6.45) is 1.30. The number of aromatic nitrogens is 1. The van der Waals surface area contributed by atoms with Gasteiger partial charge >= 0.3 is 0 Å². The topological polar surface area (TPSA) is 71.6 Å². The highest BCUT2D eigenvalue weighted by Gasteiger charge is 2.21. The Hall–Kier alpha value is -1.86. The van der Waals surface area contributed by atoms with Crippen LogP contribution >= 0.6 is 11.6 Å². The lowest BCUT2D eigenvalue weighted by atomic mass is 10.2. The Morgan fingerprint density at radius 2 is 1.88 bits per heavy atom. The van der Waals surface area contributed by atoms with Gasteiger partial charge in [0.2, 0.25) is 5.91 Å². The van der Waals surface area contributed by atoms with Crippen molar-refractivity contribution in [2.24, 2.45) is 0 Å². The van der Waals surface area contributed by atoms with Gasteiger partial charge in [-0.3, -0.25) is 14.6 Å². The summed E-state index contributed by atoms with van der Waals surface area (Å²) >= 11 is 6.06. The second-order valence-corrected chi connectivity index (χ2v) is 6.65. The molecule has 134 valence electrons. The van der Waals surface area contributed by atoms with E-state index >= 15 is 0 Å². The van der Waals surface area contributed by atoms with E-state index in [9.17, 15) is 9.90 Å². The molecule has 0 radical (unpaired) electrons. The zero-order valence-corrected chi connectivity index (χ0v) is 14.7. The van der Waals surface area contributed by atoms with E-state index in [-0.39, 0.29) is 5.91 Å². The summed E-state index contributed by atoms with van der Waals surface area (Å²) in [4.78, 5) is 19.5. The number of aliphatic hydroxyl groups excluding tert-OH is 1. The van der Waals surface area contributed by atoms with Gasteiger partial charge in [-0.05, 0) is 24.3 Å². The van der Waals surface area contributed by atoms with Crippen LogP contribution in [0.2, 0.25) is 5.02 Å². The molecular weight excluding hydrogens is 340 g/mol. The van der Waals surface area contributed by atoms with Gasteiger partial charge in [0, 0.05) is 44.6 Å². The second kappa shape index (κ2) is 8.49. The Morgan fingerprint density at radius 3 is 2.56 bits per heavy atom. The number of halogens is 1. The lowest BCUT2D eigenvalue weighted by Gasteiger charge is -2.35. The van der Waals surface area contributed by atoms with E-state index in [1.807, 2.05) is 30.5 Å². The van der Waals surface area contributed by atoms with E-state index in [1.165, 1.54) is 0 Å². The van der Waals surface area contributed by atoms with Gasteiger partial charge in [0.15, 0.2) is 0 Å². The third kappa shape index (κ3) is 5.06. The molecule has 0 spiro atoms. The van der Waals surface area contributed by atoms with Crippen molar-refractivity contribution in [1.29, 1.82) is 0 Å². The highest BCUT2D eigenvalue weighted by molar-refractivity contribution is 6.33. The molecule has 7 heteroatoms. The standard InChI is InChI=1S/C18H23ClN4O2/c19-14-4-1-2-5-15(14)21-18(25)13-23-10-8-22(9-11-23)12-17(24)16-6-3-7-20-16/h1-7,17,20,24H,8-13H2,(H,21,25). The fourth-order valence-electron chi connectivity index (χ4n) is 2.98. The quantitative estimate of drug-likeness (QED) is 0.734. The van der Waals surface area contributed by atoms with Crippen molar-refractivity contribution < 1.29 is 9.90 Å². The highest BCUT2D eigenvalue weighted by Crippen LogP contribution is 2.20. The van der Waals surface area contributed by atoms with Crippen molar-refractivity contribution in [3.63, 3.8) is 0 Å². The minimum Gasteiger partial charge on any atom is -0.386 e. The molecule has 1 aromatic carbocycles. The number of hydrogen-bond donors (Lipinski definition) is 3. The number of nitrogens with zero attached hydrogens (tertiary/aromatic N) is 2. The number of piperazine rings is 1. The number of nitrogens with one attached hydrogen (secondary N) is 2. The summed E-state index contributed by atoms with van der Waals surface area (Å²) < 4.78 is 0. The fourth-order valence-corrected chi connectivity index (χ4v) is 3.16. The average molecular weight is 363 g/mol. The Kier molecular flexibility index (Phi) is 6.09. The summed E-state index contributed by atoms with van der Waals surface area (Å²) in [6.45, 7) is 4.20. The van der Waals surface area contributed by atoms with Gasteiger partial charge in [-0.2, -0.15) is 0 Å². The van der Waals surface area contributed by atoms with Crippen LogP contribution in [0.5, 0.6) is 0 Å². The van der Waals surface area contributed by atoms with Crippen molar-refractivity contribution in [2.75, 3.05) is 44.6 Å². The third-order valence-electron chi connectivity index (χ3n) is 4.39. The molecule has 1 aliphatic heterocycles. The number of carbonyl (C=O) groups is 1. The first-order valence-electron chi connectivity index (χ1n) is 8.42. The number of aromatic amines is 1. The second-order valence-electron chi connectivity index (χ2n) is 6.25. The van der Waals surface area contributed by atoms with Gasteiger partial charge < -0.3 is 15.4 Å². The maximum Gasteiger partial charge on any atom is 0.238 e. The molecule has 0 bridgehead atoms. The molecule has 1 fully saturated rings. The van der Waals surface area contributed by atoms with E-state index in [0.717, 1.165) is 31.9 Å². The molecule has 1 unspecified atom stereocenters. The number of benzene rings is 1. The van der Waals surface area contributed by atoms with Crippen LogP contribution in [0, 0.1) is 0 Å². The van der Waals surface area contributed by atoms with Crippen LogP contribution in [0.4, 0.5) is 5.69 Å². The molecule has 3 N–H and O–H groups in total. The van der Waals surface area contributed by atoms with E-state index in [1.54, 1.807) is 12.1 Å². The number of H-pyrrole nitrogens is 1. The van der Waals surface area contributed by atoms with Gasteiger partial charge in [0.25, 0.3) is 0 Å². The number of hydrogen-bond acceptors (Lipinski definition) is 4. The predicted molar refractivity (Wildman–Crippen MR) is 98.7 cm³/mol. The Labute approximate surface area is 152 Å². The van der Waals surface area contributed by atoms with E-state index in [2.05, 4.69) is 20.1 Å². The SMILES string of the molecule is O=C(CN1CCN(CC(O)c2ccc[nH]2)CC1)Nc1ccccc1Cl. The molecule has 2 aromatic rings. The van der Waals surface area contributed by atoms with Crippen molar-refractivity contribution in [3.8, 4) is 0 Å². The lowest BCUT2D eigenvalue weighted by molar-refractivity contribution is -0.117. The summed E-state index contributed by atoms with van der Waals surface area (Å²) in [7, 11) is 0. The molecule has 1 saturated heterocycles. The maximum atomic E-state index is 12.2. The molecule has 1 aromatic heterocycles. The van der Waals surface area contributed by atoms with Crippen LogP contribution in [0.15, 0.2) is 42.6 Å². The first-order valence-corrected chi connectivity index (χ1v) is 8.80. The highest BCUT2D eigenvalue weighted by atomic mass is 35.5. The summed E-state index contributed by atoms with van der Waals surface area (Å²) in [5.41, 5.74) is 1.48. The minimum absolute atomic E-state index is 0.0621. The van der Waals surface area contributed by atoms with Gasteiger partial charge in [0.1, 0.15) is 6.10 Å². The first kappa shape index (κ1) is 17.9. The first-order chi connectivity index (χ1) is 12.1. The van der Waals surface area contributed by atoms with Crippen LogP contribution in [0.3, 0.4) is 0 Å². The number of β-amino-alcohol motifs (C(OH)–C–C–N with tert-alkyl or cyclic N) is 1. The lowest BCUT2D eigenvalue weighted by Crippen LogP contribution is -2.49. The molecule has 25 heavy (non-hydrogen) atoms. The molecule has 1 aliphatic rings. The molecule has 0 saturated carbocycles. The molecule has 1 atom stereocenters. The van der Waals surface area contributed by atoms with E-state index in [4.69, 9.17) is 11.6 Å². The maximum absolute atomic E-state index is 12.2. The van der Waals surface area contributed by atoms with Crippen LogP contribution in [-0.4, -0.2) is 65.1 Å². The molecule has 2 heterocycles. The van der Waals surface area contributed by atoms with Crippen molar-refractivity contribution >= 4 is 23.2 Å². The number of amides is 1. The summed E-state index contributed by atoms with van der Waals surface area (Å²) in [6, 6.07) is 11.0. The van der Waals surface area contributed by atoms with Crippen LogP contribution in [0.1, 0.15) is 11.8 Å². The normalized spacial score (nSPS) is 17.4. The van der Waals surface area contributed by atoms with Gasteiger partial charge in [-0.15, -0.1) is 0 Å². The minimum atomic E-state index is -0.509. The number of rotatable bonds is 6. The van der Waals surface area contributed by atoms with Gasteiger partial charge in [-0.1, -0.05) is 23.7 Å². The number of para-hydroxylation sites is 1. The Balaban J connectivity index is 1.41. The average Bonchev–Trinajstić information content (AvgIpc) is 3.13. The molecule has 1 amide bonds. The van der Waals surface area contributed by atoms with Crippen LogP contribution in [0.25, 0.3) is 0 Å². The Morgan fingerprint density at radius 1 is 1.16 bits per heavy atom. The zero-order valence-electron chi connectivity index (χ0n) is 14.0. The molecule has 3 rings (SSSR count). The van der Waals surface area contributed by atoms with Gasteiger partial charge in [-0.25, -0.2) is 0 Å². The zero-order chi connectivity index (χ0) is 17.6. The largest absolute Gasteiger partial charge is 0.386 e.